The van der Waals surface area contributed by atoms with Gasteiger partial charge in [-0.15, -0.1) is 0 Å². The van der Waals surface area contributed by atoms with E-state index < -0.39 is 0 Å². The van der Waals surface area contributed by atoms with Gasteiger partial charge in [0.25, 0.3) is 0 Å². The largest absolute Gasteiger partial charge is 0.508 e. The SMILES string of the molecule is CC(C)c1ccc(O)c(CN2CN3CNCN(C3)C2)c1. The molecule has 2 atom stereocenters. The molecule has 5 nitrogen and oxygen atoms in total. The Morgan fingerprint density at radius 1 is 1.15 bits per heavy atom. The first-order chi connectivity index (χ1) is 9.61. The van der Waals surface area contributed by atoms with Crippen LogP contribution < -0.4 is 5.32 Å². The molecule has 20 heavy (non-hydrogen) atoms. The molecule has 110 valence electrons. The fourth-order valence-corrected chi connectivity index (χ4v) is 2.98. The fraction of sp³-hybridized carbons (Fsp3) is 0.600. The molecule has 2 saturated heterocycles. The first-order valence-electron chi connectivity index (χ1n) is 7.31. The molecule has 0 amide bonds. The summed E-state index contributed by atoms with van der Waals surface area (Å²) in [6.45, 7) is 10.0. The summed E-state index contributed by atoms with van der Waals surface area (Å²) in [7, 11) is 0. The summed E-state index contributed by atoms with van der Waals surface area (Å²) >= 11 is 0. The first kappa shape index (κ1) is 13.8. The van der Waals surface area contributed by atoms with Gasteiger partial charge in [-0.1, -0.05) is 26.0 Å². The molecule has 1 aromatic rings. The monoisotopic (exact) mass is 276 g/mol. The van der Waals surface area contributed by atoms with Gasteiger partial charge in [0.15, 0.2) is 0 Å². The quantitative estimate of drug-likeness (QED) is 0.872. The standard InChI is InChI=1S/C15H24N4O/c1-12(2)13-3-4-15(20)14(5-13)6-17-9-18-7-16-8-19(10-17)11-18/h3-5,12,16,20H,6-11H2,1-2H3. The Bertz CT molecular complexity index is 465. The lowest BCUT2D eigenvalue weighted by Gasteiger charge is -2.46. The van der Waals surface area contributed by atoms with Crippen LogP contribution in [0.4, 0.5) is 0 Å². The van der Waals surface area contributed by atoms with Gasteiger partial charge in [0, 0.05) is 12.1 Å². The van der Waals surface area contributed by atoms with Gasteiger partial charge in [0.05, 0.1) is 33.3 Å². The van der Waals surface area contributed by atoms with Gasteiger partial charge in [0.1, 0.15) is 5.75 Å². The summed E-state index contributed by atoms with van der Waals surface area (Å²) < 4.78 is 0. The van der Waals surface area contributed by atoms with Crippen LogP contribution in [-0.2, 0) is 6.54 Å². The zero-order valence-electron chi connectivity index (χ0n) is 12.3. The van der Waals surface area contributed by atoms with Crippen molar-refractivity contribution in [1.29, 1.82) is 0 Å². The Balaban J connectivity index is 1.72. The van der Waals surface area contributed by atoms with Gasteiger partial charge in [-0.3, -0.25) is 20.0 Å². The minimum absolute atomic E-state index is 0.410. The molecule has 0 aliphatic carbocycles. The lowest BCUT2D eigenvalue weighted by Crippen LogP contribution is -2.62. The number of hydrogen-bond acceptors (Lipinski definition) is 5. The number of hydrogen-bond donors (Lipinski definition) is 2. The smallest absolute Gasteiger partial charge is 0.120 e. The van der Waals surface area contributed by atoms with Crippen LogP contribution in [0.3, 0.4) is 0 Å². The second kappa shape index (κ2) is 5.69. The van der Waals surface area contributed by atoms with Crippen LogP contribution in [0, 0.1) is 0 Å². The number of fused-ring (bicyclic) bond motifs is 2. The van der Waals surface area contributed by atoms with Crippen molar-refractivity contribution in [3.63, 3.8) is 0 Å². The molecule has 0 aromatic heterocycles. The molecule has 0 saturated carbocycles. The Hall–Kier alpha value is -1.14. The second-order valence-electron chi connectivity index (χ2n) is 6.20. The lowest BCUT2D eigenvalue weighted by molar-refractivity contribution is -0.0704. The van der Waals surface area contributed by atoms with Crippen molar-refractivity contribution in [2.24, 2.45) is 0 Å². The molecule has 2 N–H and O–H groups in total. The molecular weight excluding hydrogens is 252 g/mol. The third-order valence-electron chi connectivity index (χ3n) is 4.03. The van der Waals surface area contributed by atoms with E-state index in [1.54, 1.807) is 0 Å². The van der Waals surface area contributed by atoms with Crippen LogP contribution in [0.1, 0.15) is 30.9 Å². The minimum atomic E-state index is 0.410. The number of benzene rings is 1. The van der Waals surface area contributed by atoms with E-state index in [2.05, 4.69) is 39.9 Å². The molecule has 2 aliphatic rings. The zero-order chi connectivity index (χ0) is 14.1. The Labute approximate surface area is 120 Å². The van der Waals surface area contributed by atoms with Crippen molar-refractivity contribution in [3.8, 4) is 5.75 Å². The lowest BCUT2D eigenvalue weighted by atomic mass is 10.00. The average Bonchev–Trinajstić information content (AvgIpc) is 2.40. The van der Waals surface area contributed by atoms with Crippen LogP contribution in [-0.4, -0.2) is 53.1 Å². The van der Waals surface area contributed by atoms with Gasteiger partial charge in [-0.25, -0.2) is 0 Å². The van der Waals surface area contributed by atoms with Gasteiger partial charge >= 0.3 is 0 Å². The maximum atomic E-state index is 10.1. The molecule has 0 radical (unpaired) electrons. The molecule has 0 spiro atoms. The fourth-order valence-electron chi connectivity index (χ4n) is 2.98. The summed E-state index contributed by atoms with van der Waals surface area (Å²) in [4.78, 5) is 7.12. The summed E-state index contributed by atoms with van der Waals surface area (Å²) in [6, 6.07) is 6.00. The Kier molecular flexibility index (Phi) is 3.94. The van der Waals surface area contributed by atoms with Crippen molar-refractivity contribution in [3.05, 3.63) is 29.3 Å². The van der Waals surface area contributed by atoms with Crippen LogP contribution in [0.25, 0.3) is 0 Å². The average molecular weight is 276 g/mol. The summed E-state index contributed by atoms with van der Waals surface area (Å²) in [5.74, 6) is 0.903. The van der Waals surface area contributed by atoms with Crippen LogP contribution >= 0.6 is 0 Å². The van der Waals surface area contributed by atoms with Crippen LogP contribution in [0.5, 0.6) is 5.75 Å². The summed E-state index contributed by atoms with van der Waals surface area (Å²) in [6.07, 6.45) is 0. The highest BCUT2D eigenvalue weighted by atomic mass is 16.3. The predicted octanol–water partition coefficient (Wildman–Crippen LogP) is 1.33. The topological polar surface area (TPSA) is 42.0 Å². The van der Waals surface area contributed by atoms with E-state index in [9.17, 15) is 5.11 Å². The van der Waals surface area contributed by atoms with Crippen molar-refractivity contribution >= 4 is 0 Å². The van der Waals surface area contributed by atoms with Gasteiger partial charge in [0.2, 0.25) is 0 Å². The molecule has 3 rings (SSSR count). The highest BCUT2D eigenvalue weighted by Crippen LogP contribution is 2.25. The van der Waals surface area contributed by atoms with Gasteiger partial charge < -0.3 is 5.11 Å². The number of phenolic OH excluding ortho intramolecular Hbond substituents is 1. The van der Waals surface area contributed by atoms with Crippen molar-refractivity contribution in [1.82, 2.24) is 20.0 Å². The summed E-state index contributed by atoms with van der Waals surface area (Å²) in [5.41, 5.74) is 2.32. The van der Waals surface area contributed by atoms with E-state index >= 15 is 0 Å². The van der Waals surface area contributed by atoms with E-state index in [1.807, 2.05) is 12.1 Å². The number of phenols is 1. The van der Waals surface area contributed by atoms with E-state index in [0.29, 0.717) is 11.7 Å². The number of rotatable bonds is 3. The highest BCUT2D eigenvalue weighted by Gasteiger charge is 2.26. The highest BCUT2D eigenvalue weighted by molar-refractivity contribution is 5.37. The van der Waals surface area contributed by atoms with Gasteiger partial charge in [-0.2, -0.15) is 0 Å². The van der Waals surface area contributed by atoms with E-state index in [1.165, 1.54) is 5.56 Å². The van der Waals surface area contributed by atoms with Crippen molar-refractivity contribution in [2.45, 2.75) is 26.3 Å². The molecule has 1 aromatic carbocycles. The third kappa shape index (κ3) is 2.96. The maximum Gasteiger partial charge on any atom is 0.120 e. The summed E-state index contributed by atoms with van der Waals surface area (Å²) in [5, 5.41) is 13.5. The van der Waals surface area contributed by atoms with Crippen LogP contribution in [0.15, 0.2) is 18.2 Å². The van der Waals surface area contributed by atoms with E-state index in [0.717, 1.165) is 45.5 Å². The van der Waals surface area contributed by atoms with E-state index in [-0.39, 0.29) is 0 Å². The molecular formula is C15H24N4O. The molecule has 2 bridgehead atoms. The Morgan fingerprint density at radius 2 is 1.85 bits per heavy atom. The minimum Gasteiger partial charge on any atom is -0.508 e. The first-order valence-corrected chi connectivity index (χ1v) is 7.31. The molecule has 2 aliphatic heterocycles. The maximum absolute atomic E-state index is 10.1. The normalized spacial score (nSPS) is 26.9. The van der Waals surface area contributed by atoms with Gasteiger partial charge in [-0.05, 0) is 17.5 Å². The van der Waals surface area contributed by atoms with E-state index in [4.69, 9.17) is 0 Å². The van der Waals surface area contributed by atoms with Crippen molar-refractivity contribution in [2.75, 3.05) is 33.3 Å². The number of aromatic hydroxyl groups is 1. The third-order valence-corrected chi connectivity index (χ3v) is 4.03. The zero-order valence-corrected chi connectivity index (χ0v) is 12.3. The number of nitrogens with one attached hydrogen (secondary N) is 1. The molecule has 2 heterocycles. The van der Waals surface area contributed by atoms with Crippen molar-refractivity contribution < 1.29 is 5.11 Å². The predicted molar refractivity (Wildman–Crippen MR) is 78.9 cm³/mol. The molecule has 2 unspecified atom stereocenters. The molecule has 2 fully saturated rings. The molecule has 5 heteroatoms. The Morgan fingerprint density at radius 3 is 2.50 bits per heavy atom. The number of nitrogens with zero attached hydrogens (tertiary/aromatic N) is 3. The second-order valence-corrected chi connectivity index (χ2v) is 6.20. The van der Waals surface area contributed by atoms with Crippen LogP contribution in [0.2, 0.25) is 0 Å².